The molecule has 4 heteroatoms. The van der Waals surface area contributed by atoms with E-state index in [2.05, 4.69) is 17.4 Å². The number of nitrogens with one attached hydrogen (secondary N) is 1. The molecule has 1 aromatic rings. The summed E-state index contributed by atoms with van der Waals surface area (Å²) in [5.74, 6) is -0.792. The van der Waals surface area contributed by atoms with E-state index >= 15 is 0 Å². The molecule has 0 bridgehead atoms. The Morgan fingerprint density at radius 1 is 1.33 bits per heavy atom. The van der Waals surface area contributed by atoms with Crippen molar-refractivity contribution in [3.63, 3.8) is 0 Å². The summed E-state index contributed by atoms with van der Waals surface area (Å²) in [5.41, 5.74) is 0.822. The van der Waals surface area contributed by atoms with Crippen molar-refractivity contribution in [1.82, 2.24) is 5.32 Å². The van der Waals surface area contributed by atoms with E-state index in [0.29, 0.717) is 19.7 Å². The van der Waals surface area contributed by atoms with Crippen molar-refractivity contribution in [1.29, 1.82) is 0 Å². The second-order valence-electron chi connectivity index (χ2n) is 4.79. The molecule has 2 N–H and O–H groups in total. The second kappa shape index (κ2) is 5.98. The molecule has 1 heterocycles. The van der Waals surface area contributed by atoms with Crippen LogP contribution in [0.5, 0.6) is 0 Å². The molecule has 1 fully saturated rings. The maximum absolute atomic E-state index is 10.8. The number of benzene rings is 1. The van der Waals surface area contributed by atoms with Gasteiger partial charge in [0, 0.05) is 19.7 Å². The molecule has 1 aromatic carbocycles. The average molecular weight is 249 g/mol. The number of carboxylic acid groups (broad SMARTS) is 1. The van der Waals surface area contributed by atoms with E-state index in [-0.39, 0.29) is 6.42 Å². The van der Waals surface area contributed by atoms with Gasteiger partial charge in [-0.25, -0.2) is 0 Å². The van der Waals surface area contributed by atoms with Gasteiger partial charge >= 0.3 is 5.97 Å². The molecule has 1 aliphatic heterocycles. The van der Waals surface area contributed by atoms with Gasteiger partial charge in [0.1, 0.15) is 5.60 Å². The molecule has 0 spiro atoms. The Morgan fingerprint density at radius 2 is 2.06 bits per heavy atom. The number of ether oxygens (including phenoxy) is 1. The number of hydrogen-bond acceptors (Lipinski definition) is 3. The van der Waals surface area contributed by atoms with E-state index in [1.165, 1.54) is 5.56 Å². The third-order valence-corrected chi connectivity index (χ3v) is 3.23. The number of aryl methyl sites for hydroxylation is 1. The van der Waals surface area contributed by atoms with Gasteiger partial charge in [-0.15, -0.1) is 0 Å². The number of carboxylic acids is 1. The summed E-state index contributed by atoms with van der Waals surface area (Å²) in [7, 11) is 0. The van der Waals surface area contributed by atoms with Crippen molar-refractivity contribution in [2.45, 2.75) is 24.9 Å². The van der Waals surface area contributed by atoms with Gasteiger partial charge < -0.3 is 15.2 Å². The molecule has 0 radical (unpaired) electrons. The van der Waals surface area contributed by atoms with E-state index < -0.39 is 11.6 Å². The average Bonchev–Trinajstić information content (AvgIpc) is 2.32. The fourth-order valence-corrected chi connectivity index (χ4v) is 2.17. The Bertz CT molecular complexity index is 387. The predicted molar refractivity (Wildman–Crippen MR) is 68.6 cm³/mol. The van der Waals surface area contributed by atoms with Crippen molar-refractivity contribution < 1.29 is 14.6 Å². The lowest BCUT2D eigenvalue weighted by Crippen LogP contribution is -2.62. The Labute approximate surface area is 107 Å². The first-order valence-electron chi connectivity index (χ1n) is 6.31. The quantitative estimate of drug-likeness (QED) is 0.718. The van der Waals surface area contributed by atoms with Gasteiger partial charge in [-0.3, -0.25) is 4.79 Å². The highest BCUT2D eigenvalue weighted by atomic mass is 16.5. The zero-order valence-corrected chi connectivity index (χ0v) is 10.4. The van der Waals surface area contributed by atoms with Crippen LogP contribution in [0.2, 0.25) is 0 Å². The van der Waals surface area contributed by atoms with Crippen LogP contribution in [-0.4, -0.2) is 36.4 Å². The Kier molecular flexibility index (Phi) is 4.33. The van der Waals surface area contributed by atoms with E-state index in [4.69, 9.17) is 9.84 Å². The van der Waals surface area contributed by atoms with Gasteiger partial charge in [-0.1, -0.05) is 30.3 Å². The number of hydrogen-bond donors (Lipinski definition) is 2. The number of carbonyl (C=O) groups is 1. The van der Waals surface area contributed by atoms with Gasteiger partial charge in [0.15, 0.2) is 0 Å². The first-order chi connectivity index (χ1) is 8.70. The van der Waals surface area contributed by atoms with Crippen LogP contribution >= 0.6 is 0 Å². The summed E-state index contributed by atoms with van der Waals surface area (Å²) in [6.07, 6.45) is 1.98. The molecule has 4 nitrogen and oxygen atoms in total. The molecule has 1 saturated heterocycles. The van der Waals surface area contributed by atoms with Gasteiger partial charge in [0.05, 0.1) is 6.42 Å². The lowest BCUT2D eigenvalue weighted by atomic mass is 9.92. The van der Waals surface area contributed by atoms with E-state index in [1.807, 2.05) is 18.2 Å². The zero-order chi connectivity index (χ0) is 12.8. The molecule has 1 aliphatic rings. The van der Waals surface area contributed by atoms with Gasteiger partial charge in [-0.05, 0) is 18.4 Å². The monoisotopic (exact) mass is 249 g/mol. The smallest absolute Gasteiger partial charge is 0.306 e. The largest absolute Gasteiger partial charge is 0.481 e. The Balaban J connectivity index is 1.70. The van der Waals surface area contributed by atoms with Crippen LogP contribution in [0.3, 0.4) is 0 Å². The van der Waals surface area contributed by atoms with Crippen LogP contribution in [0.1, 0.15) is 18.4 Å². The molecular formula is C14H19NO3. The molecule has 0 amide bonds. The highest BCUT2D eigenvalue weighted by Crippen LogP contribution is 2.21. The summed E-state index contributed by atoms with van der Waals surface area (Å²) < 4.78 is 5.75. The molecule has 0 atom stereocenters. The van der Waals surface area contributed by atoms with Gasteiger partial charge in [-0.2, -0.15) is 0 Å². The van der Waals surface area contributed by atoms with Crippen LogP contribution in [-0.2, 0) is 16.0 Å². The minimum absolute atomic E-state index is 0.0886. The summed E-state index contributed by atoms with van der Waals surface area (Å²) in [4.78, 5) is 10.8. The van der Waals surface area contributed by atoms with E-state index in [0.717, 1.165) is 12.8 Å². The fraction of sp³-hybridized carbons (Fsp3) is 0.500. The zero-order valence-electron chi connectivity index (χ0n) is 10.4. The highest BCUT2D eigenvalue weighted by Gasteiger charge is 2.39. The first-order valence-corrected chi connectivity index (χ1v) is 6.31. The van der Waals surface area contributed by atoms with Crippen LogP contribution in [0.15, 0.2) is 30.3 Å². The van der Waals surface area contributed by atoms with Crippen LogP contribution in [0.4, 0.5) is 0 Å². The summed E-state index contributed by atoms with van der Waals surface area (Å²) in [6.45, 7) is 1.90. The third kappa shape index (κ3) is 3.55. The molecule has 2 rings (SSSR count). The molecule has 0 aromatic heterocycles. The van der Waals surface area contributed by atoms with Crippen molar-refractivity contribution in [3.05, 3.63) is 35.9 Å². The SMILES string of the molecule is O=C(O)CC1(OCCCc2ccccc2)CNC1. The van der Waals surface area contributed by atoms with Gasteiger partial charge in [0.2, 0.25) is 0 Å². The second-order valence-corrected chi connectivity index (χ2v) is 4.79. The minimum Gasteiger partial charge on any atom is -0.481 e. The standard InChI is InChI=1S/C14H19NO3/c16-13(17)9-14(10-15-11-14)18-8-4-7-12-5-2-1-3-6-12/h1-3,5-6,15H,4,7-11H2,(H,16,17). The summed E-state index contributed by atoms with van der Waals surface area (Å²) in [6, 6.07) is 10.2. The van der Waals surface area contributed by atoms with Crippen molar-refractivity contribution in [3.8, 4) is 0 Å². The van der Waals surface area contributed by atoms with E-state index in [1.54, 1.807) is 0 Å². The summed E-state index contributed by atoms with van der Waals surface area (Å²) >= 11 is 0. The highest BCUT2D eigenvalue weighted by molar-refractivity contribution is 5.68. The lowest BCUT2D eigenvalue weighted by Gasteiger charge is -2.41. The molecule has 0 unspecified atom stereocenters. The fourth-order valence-electron chi connectivity index (χ4n) is 2.17. The summed E-state index contributed by atoms with van der Waals surface area (Å²) in [5, 5.41) is 11.9. The Morgan fingerprint density at radius 3 is 2.61 bits per heavy atom. The maximum Gasteiger partial charge on any atom is 0.306 e. The first kappa shape index (κ1) is 13.1. The van der Waals surface area contributed by atoms with Crippen molar-refractivity contribution in [2.75, 3.05) is 19.7 Å². The van der Waals surface area contributed by atoms with Gasteiger partial charge in [0.25, 0.3) is 0 Å². The van der Waals surface area contributed by atoms with Crippen molar-refractivity contribution in [2.24, 2.45) is 0 Å². The minimum atomic E-state index is -0.792. The topological polar surface area (TPSA) is 58.6 Å². The number of rotatable bonds is 7. The molecular weight excluding hydrogens is 230 g/mol. The number of aliphatic carboxylic acids is 1. The van der Waals surface area contributed by atoms with Crippen LogP contribution < -0.4 is 5.32 Å². The van der Waals surface area contributed by atoms with E-state index in [9.17, 15) is 4.79 Å². The molecule has 18 heavy (non-hydrogen) atoms. The van der Waals surface area contributed by atoms with Crippen molar-refractivity contribution >= 4 is 5.97 Å². The van der Waals surface area contributed by atoms with Crippen LogP contribution in [0, 0.1) is 0 Å². The molecule has 0 aliphatic carbocycles. The van der Waals surface area contributed by atoms with Crippen LogP contribution in [0.25, 0.3) is 0 Å². The lowest BCUT2D eigenvalue weighted by molar-refractivity contribution is -0.150. The predicted octanol–water partition coefficient (Wildman–Crippen LogP) is 1.45. The third-order valence-electron chi connectivity index (χ3n) is 3.23. The Hall–Kier alpha value is -1.39. The normalized spacial score (nSPS) is 17.1. The molecule has 0 saturated carbocycles. The maximum atomic E-state index is 10.8. The molecule has 98 valence electrons.